The summed E-state index contributed by atoms with van der Waals surface area (Å²) in [5.41, 5.74) is 1.24. The second kappa shape index (κ2) is 6.61. The van der Waals surface area contributed by atoms with Crippen molar-refractivity contribution in [1.82, 2.24) is 9.88 Å². The Morgan fingerprint density at radius 2 is 2.40 bits per heavy atom. The van der Waals surface area contributed by atoms with E-state index >= 15 is 0 Å². The van der Waals surface area contributed by atoms with Crippen molar-refractivity contribution in [3.63, 3.8) is 0 Å². The van der Waals surface area contributed by atoms with E-state index in [1.807, 2.05) is 6.07 Å². The van der Waals surface area contributed by atoms with Crippen molar-refractivity contribution in [3.05, 3.63) is 24.0 Å². The highest BCUT2D eigenvalue weighted by atomic mass is 16.5. The summed E-state index contributed by atoms with van der Waals surface area (Å²) in [6.07, 6.45) is 1.63. The molecule has 1 rings (SSSR count). The lowest BCUT2D eigenvalue weighted by atomic mass is 10.3. The van der Waals surface area contributed by atoms with Crippen molar-refractivity contribution in [3.8, 4) is 0 Å². The van der Waals surface area contributed by atoms with Gasteiger partial charge < -0.3 is 19.7 Å². The average molecular weight is 212 g/mol. The molecule has 0 radical (unpaired) electrons. The smallest absolute Gasteiger partial charge is 0.0897 e. The predicted octanol–water partition coefficient (Wildman–Crippen LogP) is 0.605. The number of nitrogens with zero attached hydrogens (tertiary/aromatic N) is 1. The summed E-state index contributed by atoms with van der Waals surface area (Å²) in [6, 6.07) is 4.12. The van der Waals surface area contributed by atoms with Gasteiger partial charge >= 0.3 is 0 Å². The van der Waals surface area contributed by atoms with Crippen LogP contribution in [-0.4, -0.2) is 36.0 Å². The maximum absolute atomic E-state index is 9.41. The van der Waals surface area contributed by atoms with Gasteiger partial charge in [-0.05, 0) is 19.1 Å². The molecular weight excluding hydrogens is 192 g/mol. The number of ether oxygens (including phenoxy) is 1. The van der Waals surface area contributed by atoms with Gasteiger partial charge in [-0.25, -0.2) is 0 Å². The first-order valence-electron chi connectivity index (χ1n) is 5.29. The van der Waals surface area contributed by atoms with Gasteiger partial charge in [-0.2, -0.15) is 0 Å². The zero-order chi connectivity index (χ0) is 11.1. The number of aliphatic hydroxyl groups excluding tert-OH is 1. The molecule has 1 aromatic rings. The molecule has 0 saturated heterocycles. The molecule has 1 aromatic heterocycles. The zero-order valence-corrected chi connectivity index (χ0v) is 9.44. The Bertz CT molecular complexity index is 273. The van der Waals surface area contributed by atoms with Crippen molar-refractivity contribution in [2.45, 2.75) is 26.1 Å². The van der Waals surface area contributed by atoms with Gasteiger partial charge in [0.1, 0.15) is 0 Å². The first-order valence-corrected chi connectivity index (χ1v) is 5.29. The van der Waals surface area contributed by atoms with Gasteiger partial charge in [-0.15, -0.1) is 0 Å². The first-order chi connectivity index (χ1) is 7.27. The standard InChI is InChI=1S/C11H20N2O2/c1-3-13-6-4-5-10(13)7-12-8-11(14)9-15-2/h4-6,11-12,14H,3,7-9H2,1-2H3. The summed E-state index contributed by atoms with van der Waals surface area (Å²) in [7, 11) is 1.59. The summed E-state index contributed by atoms with van der Waals surface area (Å²) in [5.74, 6) is 0. The summed E-state index contributed by atoms with van der Waals surface area (Å²) in [5, 5.41) is 12.6. The topological polar surface area (TPSA) is 46.4 Å². The van der Waals surface area contributed by atoms with Crippen molar-refractivity contribution >= 4 is 0 Å². The molecule has 2 N–H and O–H groups in total. The van der Waals surface area contributed by atoms with Gasteiger partial charge in [-0.3, -0.25) is 0 Å². The lowest BCUT2D eigenvalue weighted by molar-refractivity contribution is 0.0643. The number of aliphatic hydroxyl groups is 1. The van der Waals surface area contributed by atoms with Crippen LogP contribution in [-0.2, 0) is 17.8 Å². The van der Waals surface area contributed by atoms with Crippen LogP contribution in [0.2, 0.25) is 0 Å². The molecule has 4 heteroatoms. The quantitative estimate of drug-likeness (QED) is 0.696. The van der Waals surface area contributed by atoms with Gasteiger partial charge in [0.2, 0.25) is 0 Å². The van der Waals surface area contributed by atoms with E-state index in [1.165, 1.54) is 5.69 Å². The van der Waals surface area contributed by atoms with Crippen LogP contribution in [0.5, 0.6) is 0 Å². The first kappa shape index (κ1) is 12.2. The van der Waals surface area contributed by atoms with Crippen molar-refractivity contribution in [2.75, 3.05) is 20.3 Å². The van der Waals surface area contributed by atoms with Crippen LogP contribution >= 0.6 is 0 Å². The normalized spacial score (nSPS) is 13.0. The number of rotatable bonds is 7. The fraction of sp³-hybridized carbons (Fsp3) is 0.636. The van der Waals surface area contributed by atoms with E-state index < -0.39 is 6.10 Å². The van der Waals surface area contributed by atoms with Crippen molar-refractivity contribution < 1.29 is 9.84 Å². The van der Waals surface area contributed by atoms with E-state index in [4.69, 9.17) is 4.74 Å². The van der Waals surface area contributed by atoms with Gasteiger partial charge in [-0.1, -0.05) is 0 Å². The third-order valence-electron chi connectivity index (χ3n) is 2.31. The average Bonchev–Trinajstić information content (AvgIpc) is 2.66. The molecule has 0 aromatic carbocycles. The van der Waals surface area contributed by atoms with Gasteiger partial charge in [0.15, 0.2) is 0 Å². The van der Waals surface area contributed by atoms with Crippen molar-refractivity contribution in [1.29, 1.82) is 0 Å². The third-order valence-corrected chi connectivity index (χ3v) is 2.31. The lowest BCUT2D eigenvalue weighted by Gasteiger charge is -2.11. The highest BCUT2D eigenvalue weighted by Crippen LogP contribution is 2.01. The molecule has 0 spiro atoms. The fourth-order valence-electron chi connectivity index (χ4n) is 1.54. The Labute approximate surface area is 90.9 Å². The molecular formula is C11H20N2O2. The number of aryl methyl sites for hydroxylation is 1. The molecule has 86 valence electrons. The molecule has 0 saturated carbocycles. The van der Waals surface area contributed by atoms with Gasteiger partial charge in [0.05, 0.1) is 12.7 Å². The summed E-state index contributed by atoms with van der Waals surface area (Å²) in [6.45, 7) is 4.81. The largest absolute Gasteiger partial charge is 0.389 e. The van der Waals surface area contributed by atoms with Crippen LogP contribution in [0, 0.1) is 0 Å². The molecule has 4 nitrogen and oxygen atoms in total. The maximum Gasteiger partial charge on any atom is 0.0897 e. The van der Waals surface area contributed by atoms with Gasteiger partial charge in [0, 0.05) is 38.6 Å². The van der Waals surface area contributed by atoms with Crippen LogP contribution < -0.4 is 5.32 Å². The summed E-state index contributed by atoms with van der Waals surface area (Å²) >= 11 is 0. The van der Waals surface area contributed by atoms with Crippen LogP contribution in [0.4, 0.5) is 0 Å². The third kappa shape index (κ3) is 4.03. The highest BCUT2D eigenvalue weighted by molar-refractivity contribution is 5.06. The van der Waals surface area contributed by atoms with Crippen LogP contribution in [0.25, 0.3) is 0 Å². The van der Waals surface area contributed by atoms with E-state index in [-0.39, 0.29) is 0 Å². The molecule has 0 amide bonds. The minimum Gasteiger partial charge on any atom is -0.389 e. The Kier molecular flexibility index (Phi) is 5.39. The van der Waals surface area contributed by atoms with E-state index in [0.29, 0.717) is 13.2 Å². The number of methoxy groups -OCH3 is 1. The SMILES string of the molecule is CCn1cccc1CNCC(O)COC. The molecule has 1 heterocycles. The van der Waals surface area contributed by atoms with E-state index in [0.717, 1.165) is 13.1 Å². The second-order valence-electron chi connectivity index (χ2n) is 3.53. The highest BCUT2D eigenvalue weighted by Gasteiger charge is 2.03. The minimum atomic E-state index is -0.431. The van der Waals surface area contributed by atoms with Crippen LogP contribution in [0.1, 0.15) is 12.6 Å². The molecule has 1 atom stereocenters. The lowest BCUT2D eigenvalue weighted by Crippen LogP contribution is -2.30. The Balaban J connectivity index is 2.25. The fourth-order valence-corrected chi connectivity index (χ4v) is 1.54. The number of hydrogen-bond acceptors (Lipinski definition) is 3. The Hall–Kier alpha value is -0.840. The molecule has 0 bridgehead atoms. The molecule has 1 unspecified atom stereocenters. The number of aromatic nitrogens is 1. The van der Waals surface area contributed by atoms with Crippen LogP contribution in [0.15, 0.2) is 18.3 Å². The summed E-state index contributed by atoms with van der Waals surface area (Å²) in [4.78, 5) is 0. The second-order valence-corrected chi connectivity index (χ2v) is 3.53. The van der Waals surface area contributed by atoms with Crippen LogP contribution in [0.3, 0.4) is 0 Å². The van der Waals surface area contributed by atoms with E-state index in [9.17, 15) is 5.11 Å². The molecule has 0 aliphatic heterocycles. The maximum atomic E-state index is 9.41. The van der Waals surface area contributed by atoms with Crippen molar-refractivity contribution in [2.24, 2.45) is 0 Å². The number of nitrogens with one attached hydrogen (secondary N) is 1. The zero-order valence-electron chi connectivity index (χ0n) is 9.44. The monoisotopic (exact) mass is 212 g/mol. The van der Waals surface area contributed by atoms with Gasteiger partial charge in [0.25, 0.3) is 0 Å². The predicted molar refractivity (Wildman–Crippen MR) is 59.7 cm³/mol. The van der Waals surface area contributed by atoms with E-state index in [2.05, 4.69) is 29.1 Å². The van der Waals surface area contributed by atoms with E-state index in [1.54, 1.807) is 7.11 Å². The Morgan fingerprint density at radius 1 is 1.60 bits per heavy atom. The minimum absolute atomic E-state index is 0.377. The molecule has 15 heavy (non-hydrogen) atoms. The molecule has 0 aliphatic carbocycles. The number of hydrogen-bond donors (Lipinski definition) is 2. The molecule has 0 aliphatic rings. The molecule has 0 fully saturated rings. The summed E-state index contributed by atoms with van der Waals surface area (Å²) < 4.78 is 7.02. The Morgan fingerprint density at radius 3 is 3.07 bits per heavy atom.